The Balaban J connectivity index is 1.86. The summed E-state index contributed by atoms with van der Waals surface area (Å²) in [4.78, 5) is 38.1. The number of hydrogen-bond acceptors (Lipinski definition) is 6. The number of nitrogens with one attached hydrogen (secondary N) is 1. The van der Waals surface area contributed by atoms with E-state index in [1.54, 1.807) is 44.2 Å². The molecule has 0 aliphatic heterocycles. The van der Waals surface area contributed by atoms with Gasteiger partial charge in [0.05, 0.1) is 17.9 Å². The largest absolute Gasteiger partial charge is 0.492 e. The molecule has 3 rings (SSSR count). The van der Waals surface area contributed by atoms with Crippen LogP contribution in [0.3, 0.4) is 0 Å². The quantitative estimate of drug-likeness (QED) is 0.465. The zero-order chi connectivity index (χ0) is 25.5. The Kier molecular flexibility index (Phi) is 8.00. The van der Waals surface area contributed by atoms with Crippen LogP contribution >= 0.6 is 0 Å². The van der Waals surface area contributed by atoms with Crippen molar-refractivity contribution < 1.29 is 23.5 Å². The molecule has 0 bridgehead atoms. The number of rotatable bonds is 9. The van der Waals surface area contributed by atoms with Crippen LogP contribution in [0.4, 0.5) is 10.1 Å². The average molecular weight is 477 g/mol. The molecule has 0 saturated heterocycles. The van der Waals surface area contributed by atoms with Gasteiger partial charge in [0.2, 0.25) is 0 Å². The highest BCUT2D eigenvalue weighted by atomic mass is 19.1. The molecule has 180 valence electrons. The van der Waals surface area contributed by atoms with Gasteiger partial charge in [-0.1, -0.05) is 12.1 Å². The number of nitrogens with zero attached hydrogens (tertiary/aromatic N) is 2. The predicted octanol–water partition coefficient (Wildman–Crippen LogP) is 4.09. The van der Waals surface area contributed by atoms with E-state index in [0.29, 0.717) is 18.0 Å². The highest BCUT2D eigenvalue weighted by Crippen LogP contribution is 2.25. The van der Waals surface area contributed by atoms with E-state index >= 15 is 0 Å². The molecule has 35 heavy (non-hydrogen) atoms. The number of amides is 1. The minimum absolute atomic E-state index is 0.0143. The first-order valence-corrected chi connectivity index (χ1v) is 10.9. The first-order valence-electron chi connectivity index (χ1n) is 10.9. The van der Waals surface area contributed by atoms with Gasteiger partial charge in [-0.3, -0.25) is 14.4 Å². The molecule has 9 heteroatoms. The number of aromatic nitrogens is 1. The molecule has 2 aromatic carbocycles. The topological polar surface area (TPSA) is 110 Å². The van der Waals surface area contributed by atoms with Crippen molar-refractivity contribution in [2.75, 3.05) is 18.5 Å². The van der Waals surface area contributed by atoms with Crippen LogP contribution in [0.5, 0.6) is 11.5 Å². The SMILES string of the molecule is CCOc1ccccc1NC(=O)COc1ccc(F)cc1C(=O)c1cc(C#N)c(=O)n(C(C)C)c1. The number of carbonyl (C=O) groups excluding carboxylic acids is 2. The van der Waals surface area contributed by atoms with Crippen molar-refractivity contribution in [3.05, 3.63) is 87.6 Å². The monoisotopic (exact) mass is 477 g/mol. The number of carbonyl (C=O) groups is 2. The molecule has 8 nitrogen and oxygen atoms in total. The smallest absolute Gasteiger partial charge is 0.268 e. The van der Waals surface area contributed by atoms with Crippen molar-refractivity contribution in [3.8, 4) is 17.6 Å². The number of ketones is 1. The third-order valence-electron chi connectivity index (χ3n) is 4.99. The van der Waals surface area contributed by atoms with Crippen molar-refractivity contribution in [2.24, 2.45) is 0 Å². The molecule has 0 spiro atoms. The van der Waals surface area contributed by atoms with Crippen LogP contribution in [0.15, 0.2) is 59.5 Å². The molecule has 1 amide bonds. The van der Waals surface area contributed by atoms with Crippen molar-refractivity contribution in [2.45, 2.75) is 26.8 Å². The van der Waals surface area contributed by atoms with Crippen LogP contribution in [0.2, 0.25) is 0 Å². The van der Waals surface area contributed by atoms with E-state index < -0.39 is 29.7 Å². The summed E-state index contributed by atoms with van der Waals surface area (Å²) in [6.07, 6.45) is 1.32. The number of halogens is 1. The highest BCUT2D eigenvalue weighted by Gasteiger charge is 2.20. The van der Waals surface area contributed by atoms with Crippen LogP contribution in [-0.4, -0.2) is 29.5 Å². The summed E-state index contributed by atoms with van der Waals surface area (Å²) in [5.41, 5.74) is -0.418. The molecule has 0 aliphatic carbocycles. The van der Waals surface area contributed by atoms with Gasteiger partial charge in [-0.15, -0.1) is 0 Å². The summed E-state index contributed by atoms with van der Waals surface area (Å²) in [6, 6.07) is 12.9. The Hall–Kier alpha value is -4.45. The van der Waals surface area contributed by atoms with E-state index in [2.05, 4.69) is 5.32 Å². The van der Waals surface area contributed by atoms with Gasteiger partial charge in [-0.2, -0.15) is 5.26 Å². The minimum Gasteiger partial charge on any atom is -0.492 e. The molecule has 0 radical (unpaired) electrons. The molecular weight excluding hydrogens is 453 g/mol. The predicted molar refractivity (Wildman–Crippen MR) is 127 cm³/mol. The zero-order valence-electron chi connectivity index (χ0n) is 19.5. The number of para-hydroxylation sites is 2. The molecular formula is C26H24FN3O5. The second kappa shape index (κ2) is 11.1. The fourth-order valence-corrected chi connectivity index (χ4v) is 3.33. The normalized spacial score (nSPS) is 10.5. The van der Waals surface area contributed by atoms with Gasteiger partial charge in [0.25, 0.3) is 11.5 Å². The third kappa shape index (κ3) is 5.92. The van der Waals surface area contributed by atoms with Gasteiger partial charge < -0.3 is 19.4 Å². The van der Waals surface area contributed by atoms with Gasteiger partial charge in [0.15, 0.2) is 12.4 Å². The molecule has 1 aromatic heterocycles. The lowest BCUT2D eigenvalue weighted by molar-refractivity contribution is -0.118. The maximum absolute atomic E-state index is 14.0. The summed E-state index contributed by atoms with van der Waals surface area (Å²) in [5.74, 6) is -1.39. The van der Waals surface area contributed by atoms with Crippen molar-refractivity contribution in [1.82, 2.24) is 4.57 Å². The number of pyridine rings is 1. The molecule has 0 saturated carbocycles. The average Bonchev–Trinajstić information content (AvgIpc) is 2.84. The molecule has 0 fully saturated rings. The fourth-order valence-electron chi connectivity index (χ4n) is 3.33. The Morgan fingerprint density at radius 2 is 1.86 bits per heavy atom. The molecule has 1 N–H and O–H groups in total. The lowest BCUT2D eigenvalue weighted by Gasteiger charge is -2.15. The Bertz CT molecular complexity index is 1360. The Morgan fingerprint density at radius 3 is 2.54 bits per heavy atom. The van der Waals surface area contributed by atoms with Crippen LogP contribution in [-0.2, 0) is 4.79 Å². The lowest BCUT2D eigenvalue weighted by Crippen LogP contribution is -2.25. The molecule has 3 aromatic rings. The highest BCUT2D eigenvalue weighted by molar-refractivity contribution is 6.10. The third-order valence-corrected chi connectivity index (χ3v) is 4.99. The summed E-state index contributed by atoms with van der Waals surface area (Å²) in [7, 11) is 0. The molecule has 1 heterocycles. The van der Waals surface area contributed by atoms with E-state index in [4.69, 9.17) is 9.47 Å². The Labute approximate surface area is 201 Å². The molecule has 0 atom stereocenters. The maximum atomic E-state index is 14.0. The fraction of sp³-hybridized carbons (Fsp3) is 0.231. The minimum atomic E-state index is -0.687. The van der Waals surface area contributed by atoms with E-state index in [9.17, 15) is 24.0 Å². The van der Waals surface area contributed by atoms with Crippen molar-refractivity contribution in [1.29, 1.82) is 5.26 Å². The standard InChI is InChI=1S/C26H24FN3O5/c1-4-34-23-8-6-5-7-21(23)29-24(31)15-35-22-10-9-19(27)12-20(22)25(32)18-11-17(13-28)26(33)30(14-18)16(2)3/h5-12,14,16H,4,15H2,1-3H3,(H,29,31). The number of nitriles is 1. The molecule has 0 aliphatic rings. The van der Waals surface area contributed by atoms with Crippen LogP contribution in [0, 0.1) is 17.1 Å². The van der Waals surface area contributed by atoms with E-state index in [0.717, 1.165) is 18.2 Å². The van der Waals surface area contributed by atoms with Crippen LogP contribution < -0.4 is 20.3 Å². The van der Waals surface area contributed by atoms with E-state index in [1.165, 1.54) is 16.8 Å². The van der Waals surface area contributed by atoms with E-state index in [-0.39, 0.29) is 28.5 Å². The van der Waals surface area contributed by atoms with Gasteiger partial charge in [0.1, 0.15) is 28.9 Å². The number of anilines is 1. The summed E-state index contributed by atoms with van der Waals surface area (Å²) < 4.78 is 26.3. The van der Waals surface area contributed by atoms with Crippen molar-refractivity contribution >= 4 is 17.4 Å². The summed E-state index contributed by atoms with van der Waals surface area (Å²) in [5, 5.41) is 12.0. The summed E-state index contributed by atoms with van der Waals surface area (Å²) >= 11 is 0. The number of benzene rings is 2. The molecule has 0 unspecified atom stereocenters. The first-order chi connectivity index (χ1) is 16.7. The number of hydrogen-bond donors (Lipinski definition) is 1. The van der Waals surface area contributed by atoms with Crippen molar-refractivity contribution in [3.63, 3.8) is 0 Å². The van der Waals surface area contributed by atoms with Gasteiger partial charge in [-0.05, 0) is 57.2 Å². The Morgan fingerprint density at radius 1 is 1.11 bits per heavy atom. The zero-order valence-corrected chi connectivity index (χ0v) is 19.5. The second-order valence-corrected chi connectivity index (χ2v) is 7.80. The second-order valence-electron chi connectivity index (χ2n) is 7.80. The van der Waals surface area contributed by atoms with Gasteiger partial charge >= 0.3 is 0 Å². The van der Waals surface area contributed by atoms with Gasteiger partial charge in [-0.25, -0.2) is 4.39 Å². The first kappa shape index (κ1) is 25.2. The van der Waals surface area contributed by atoms with Crippen LogP contribution in [0.25, 0.3) is 0 Å². The number of ether oxygens (including phenoxy) is 2. The van der Waals surface area contributed by atoms with Crippen LogP contribution in [0.1, 0.15) is 48.3 Å². The van der Waals surface area contributed by atoms with Gasteiger partial charge in [0, 0.05) is 17.8 Å². The summed E-state index contributed by atoms with van der Waals surface area (Å²) in [6.45, 7) is 5.25. The lowest BCUT2D eigenvalue weighted by atomic mass is 10.0. The maximum Gasteiger partial charge on any atom is 0.268 e. The van der Waals surface area contributed by atoms with E-state index in [1.807, 2.05) is 6.92 Å².